The van der Waals surface area contributed by atoms with E-state index in [2.05, 4.69) is 0 Å². The van der Waals surface area contributed by atoms with Gasteiger partial charge in [0.2, 0.25) is 0 Å². The molecular weight excluding hydrogens is 296 g/mol. The molecule has 0 fully saturated rings. The highest BCUT2D eigenvalue weighted by molar-refractivity contribution is 6.30. The zero-order chi connectivity index (χ0) is 15.4. The van der Waals surface area contributed by atoms with Gasteiger partial charge in [0.05, 0.1) is 0 Å². The maximum Gasteiger partial charge on any atom is 0.165 e. The molecule has 0 saturated heterocycles. The molecular formula is C16H16ClF2NO. The fourth-order valence-corrected chi connectivity index (χ4v) is 2.21. The summed E-state index contributed by atoms with van der Waals surface area (Å²) in [6.45, 7) is 1.81. The van der Waals surface area contributed by atoms with Crippen molar-refractivity contribution >= 4 is 11.6 Å². The fourth-order valence-electron chi connectivity index (χ4n) is 2.01. The molecule has 2 rings (SSSR count). The van der Waals surface area contributed by atoms with E-state index in [1.165, 1.54) is 12.1 Å². The average Bonchev–Trinajstić information content (AvgIpc) is 2.41. The Kier molecular flexibility index (Phi) is 5.15. The Labute approximate surface area is 127 Å². The van der Waals surface area contributed by atoms with Crippen LogP contribution in [0.25, 0.3) is 0 Å². The molecule has 0 saturated carbocycles. The Morgan fingerprint density at radius 3 is 2.67 bits per heavy atom. The normalized spacial score (nSPS) is 12.2. The minimum atomic E-state index is -0.889. The third kappa shape index (κ3) is 4.16. The molecule has 1 atom stereocenters. The molecule has 5 heteroatoms. The second-order valence-electron chi connectivity index (χ2n) is 4.94. The zero-order valence-corrected chi connectivity index (χ0v) is 12.3. The van der Waals surface area contributed by atoms with Crippen LogP contribution in [0.15, 0.2) is 36.4 Å². The highest BCUT2D eigenvalue weighted by Crippen LogP contribution is 2.25. The Morgan fingerprint density at radius 1 is 1.19 bits per heavy atom. The van der Waals surface area contributed by atoms with Crippen molar-refractivity contribution in [2.75, 3.05) is 0 Å². The van der Waals surface area contributed by atoms with Crippen LogP contribution in [0.4, 0.5) is 8.78 Å². The summed E-state index contributed by atoms with van der Waals surface area (Å²) in [5, 5.41) is 0.579. The van der Waals surface area contributed by atoms with Crippen molar-refractivity contribution in [1.29, 1.82) is 0 Å². The number of benzene rings is 2. The summed E-state index contributed by atoms with van der Waals surface area (Å²) < 4.78 is 32.3. The third-order valence-electron chi connectivity index (χ3n) is 2.98. The highest BCUT2D eigenvalue weighted by atomic mass is 35.5. The lowest BCUT2D eigenvalue weighted by molar-refractivity contribution is 0.293. The molecule has 112 valence electrons. The number of hydrogen-bond donors (Lipinski definition) is 1. The average molecular weight is 312 g/mol. The van der Waals surface area contributed by atoms with Gasteiger partial charge in [0.25, 0.3) is 0 Å². The largest absolute Gasteiger partial charge is 0.489 e. The summed E-state index contributed by atoms with van der Waals surface area (Å²) >= 11 is 5.96. The van der Waals surface area contributed by atoms with Crippen LogP contribution in [0.3, 0.4) is 0 Å². The molecule has 0 amide bonds. The summed E-state index contributed by atoms with van der Waals surface area (Å²) in [6.07, 6.45) is 0.585. The van der Waals surface area contributed by atoms with E-state index >= 15 is 0 Å². The Morgan fingerprint density at radius 2 is 1.95 bits per heavy atom. The standard InChI is InChI=1S/C16H16ClF2NO/c1-10(20)7-12-8-13(17)5-6-15(12)21-9-11-3-2-4-14(18)16(11)19/h2-6,8,10H,7,9,20H2,1H3. The molecule has 21 heavy (non-hydrogen) atoms. The van der Waals surface area contributed by atoms with Crippen molar-refractivity contribution in [3.63, 3.8) is 0 Å². The minimum Gasteiger partial charge on any atom is -0.489 e. The predicted molar refractivity (Wildman–Crippen MR) is 79.5 cm³/mol. The monoisotopic (exact) mass is 311 g/mol. The van der Waals surface area contributed by atoms with E-state index in [1.54, 1.807) is 18.2 Å². The number of hydrogen-bond acceptors (Lipinski definition) is 2. The van der Waals surface area contributed by atoms with Gasteiger partial charge in [-0.25, -0.2) is 8.78 Å². The molecule has 2 nitrogen and oxygen atoms in total. The van der Waals surface area contributed by atoms with Gasteiger partial charge in [0.15, 0.2) is 11.6 Å². The summed E-state index contributed by atoms with van der Waals surface area (Å²) in [5.74, 6) is -1.21. The quantitative estimate of drug-likeness (QED) is 0.902. The van der Waals surface area contributed by atoms with Crippen LogP contribution < -0.4 is 10.5 Å². The first kappa shape index (κ1) is 15.7. The van der Waals surface area contributed by atoms with Crippen molar-refractivity contribution in [2.45, 2.75) is 26.0 Å². The van der Waals surface area contributed by atoms with Gasteiger partial charge in [-0.3, -0.25) is 0 Å². The van der Waals surface area contributed by atoms with E-state index in [4.69, 9.17) is 22.1 Å². The fraction of sp³-hybridized carbons (Fsp3) is 0.250. The van der Waals surface area contributed by atoms with Crippen molar-refractivity contribution in [1.82, 2.24) is 0 Å². The first-order valence-corrected chi connectivity index (χ1v) is 6.95. The Bertz CT molecular complexity index is 632. The summed E-state index contributed by atoms with van der Waals surface area (Å²) in [7, 11) is 0. The molecule has 0 aliphatic rings. The van der Waals surface area contributed by atoms with Gasteiger partial charge in [0, 0.05) is 16.6 Å². The summed E-state index contributed by atoms with van der Waals surface area (Å²) in [4.78, 5) is 0. The van der Waals surface area contributed by atoms with Gasteiger partial charge >= 0.3 is 0 Å². The Balaban J connectivity index is 2.18. The minimum absolute atomic E-state index is 0.0584. The molecule has 0 radical (unpaired) electrons. The SMILES string of the molecule is CC(N)Cc1cc(Cl)ccc1OCc1cccc(F)c1F. The maximum atomic E-state index is 13.6. The molecule has 1 unspecified atom stereocenters. The summed E-state index contributed by atoms with van der Waals surface area (Å²) in [6, 6.07) is 9.10. The second kappa shape index (κ2) is 6.87. The van der Waals surface area contributed by atoms with E-state index in [0.717, 1.165) is 11.6 Å². The number of halogens is 3. The molecule has 0 aromatic heterocycles. The van der Waals surface area contributed by atoms with Crippen molar-refractivity contribution in [3.05, 3.63) is 64.2 Å². The molecule has 2 N–H and O–H groups in total. The number of ether oxygens (including phenoxy) is 1. The van der Waals surface area contributed by atoms with Gasteiger partial charge < -0.3 is 10.5 Å². The third-order valence-corrected chi connectivity index (χ3v) is 3.21. The van der Waals surface area contributed by atoms with Crippen LogP contribution in [0.1, 0.15) is 18.1 Å². The van der Waals surface area contributed by atoms with Crippen LogP contribution in [0.5, 0.6) is 5.75 Å². The van der Waals surface area contributed by atoms with E-state index in [9.17, 15) is 8.78 Å². The van der Waals surface area contributed by atoms with Crippen LogP contribution in [-0.4, -0.2) is 6.04 Å². The lowest BCUT2D eigenvalue weighted by Crippen LogP contribution is -2.18. The molecule has 0 spiro atoms. The highest BCUT2D eigenvalue weighted by Gasteiger charge is 2.11. The number of rotatable bonds is 5. The van der Waals surface area contributed by atoms with Gasteiger partial charge in [-0.2, -0.15) is 0 Å². The first-order valence-electron chi connectivity index (χ1n) is 6.57. The summed E-state index contributed by atoms with van der Waals surface area (Å²) in [5.41, 5.74) is 6.79. The molecule has 0 aliphatic heterocycles. The smallest absolute Gasteiger partial charge is 0.165 e. The van der Waals surface area contributed by atoms with Crippen molar-refractivity contribution in [3.8, 4) is 5.75 Å². The molecule has 2 aromatic rings. The maximum absolute atomic E-state index is 13.6. The van der Waals surface area contributed by atoms with Gasteiger partial charge in [-0.15, -0.1) is 0 Å². The van der Waals surface area contributed by atoms with Crippen LogP contribution in [0, 0.1) is 11.6 Å². The van der Waals surface area contributed by atoms with Gasteiger partial charge in [-0.1, -0.05) is 23.7 Å². The molecule has 0 heterocycles. The predicted octanol–water partition coefficient (Wildman–Crippen LogP) is 4.09. The second-order valence-corrected chi connectivity index (χ2v) is 5.37. The van der Waals surface area contributed by atoms with E-state index in [-0.39, 0.29) is 18.2 Å². The van der Waals surface area contributed by atoms with Crippen LogP contribution in [0.2, 0.25) is 5.02 Å². The zero-order valence-electron chi connectivity index (χ0n) is 11.6. The van der Waals surface area contributed by atoms with E-state index < -0.39 is 11.6 Å². The van der Waals surface area contributed by atoms with E-state index in [0.29, 0.717) is 17.2 Å². The topological polar surface area (TPSA) is 35.2 Å². The van der Waals surface area contributed by atoms with Crippen LogP contribution >= 0.6 is 11.6 Å². The van der Waals surface area contributed by atoms with Crippen molar-refractivity contribution < 1.29 is 13.5 Å². The van der Waals surface area contributed by atoms with E-state index in [1.807, 2.05) is 6.92 Å². The Hall–Kier alpha value is -1.65. The molecule has 0 bridgehead atoms. The number of nitrogens with two attached hydrogens (primary N) is 1. The first-order chi connectivity index (χ1) is 9.97. The molecule has 2 aromatic carbocycles. The van der Waals surface area contributed by atoms with Crippen molar-refractivity contribution in [2.24, 2.45) is 5.73 Å². The molecule has 0 aliphatic carbocycles. The van der Waals surface area contributed by atoms with Crippen LogP contribution in [-0.2, 0) is 13.0 Å². The lowest BCUT2D eigenvalue weighted by Gasteiger charge is -2.14. The van der Waals surface area contributed by atoms with Gasteiger partial charge in [-0.05, 0) is 43.2 Å². The van der Waals surface area contributed by atoms with Gasteiger partial charge in [0.1, 0.15) is 12.4 Å². The lowest BCUT2D eigenvalue weighted by atomic mass is 10.1.